The first-order valence-electron chi connectivity index (χ1n) is 49.1. The van der Waals surface area contributed by atoms with Crippen LogP contribution in [0.5, 0.6) is 0 Å². The van der Waals surface area contributed by atoms with Gasteiger partial charge in [-0.15, -0.1) is 0 Å². The van der Waals surface area contributed by atoms with Gasteiger partial charge in [-0.1, -0.05) is 142 Å². The molecule has 4 aromatic carbocycles. The topological polar surface area (TPSA) is 453 Å². The third kappa shape index (κ3) is 63.2. The number of aliphatic imine (C=N–C) groups is 2. The third-order valence-electron chi connectivity index (χ3n) is 24.1. The highest BCUT2D eigenvalue weighted by atomic mass is 16.4. The van der Waals surface area contributed by atoms with Gasteiger partial charge in [0.15, 0.2) is 11.9 Å². The number of para-hydroxylation sites is 2. The van der Waals surface area contributed by atoms with Crippen LogP contribution < -0.4 is 34.4 Å². The number of carbonyl (C=O) groups is 11. The zero-order valence-electron chi connectivity index (χ0n) is 91.6. The lowest BCUT2D eigenvalue weighted by molar-refractivity contribution is -0.137. The molecule has 0 bridgehead atoms. The number of hydrogen-bond donors (Lipinski definition) is 9. The molecule has 0 aliphatic heterocycles. The number of carboxylic acid groups (broad SMARTS) is 1. The number of nitrogens with one attached hydrogen (secondary N) is 2. The Labute approximate surface area is 842 Å². The predicted molar refractivity (Wildman–Crippen MR) is 580 cm³/mol. The van der Waals surface area contributed by atoms with E-state index in [1.807, 2.05) is 227 Å². The first-order valence-corrected chi connectivity index (χ1v) is 49.1. The summed E-state index contributed by atoms with van der Waals surface area (Å²) in [6, 6.07) is 40.7. The molecule has 0 unspecified atom stereocenters. The van der Waals surface area contributed by atoms with E-state index in [4.69, 9.17) is 39.5 Å². The molecule has 1 aliphatic carbocycles. The predicted octanol–water partition coefficient (Wildman–Crippen LogP) is 11.2. The summed E-state index contributed by atoms with van der Waals surface area (Å²) in [5, 5.41) is 10.8. The van der Waals surface area contributed by atoms with Crippen LogP contribution in [-0.2, 0) is 78.4 Å². The normalized spacial score (nSPS) is 13.8. The molecule has 1 saturated carbocycles. The number of nitrogens with two attached hydrogens (primary N) is 6. The fraction of sp³-hybridized carbons (Fsp3) is 0.620. The second-order valence-corrected chi connectivity index (χ2v) is 38.6. The van der Waals surface area contributed by atoms with Gasteiger partial charge in [0, 0.05) is 54.8 Å². The molecule has 32 heteroatoms. The van der Waals surface area contributed by atoms with Crippen molar-refractivity contribution in [2.24, 2.45) is 50.3 Å². The number of hydrogen-bond acceptors (Lipinski definition) is 25. The van der Waals surface area contributed by atoms with Crippen molar-refractivity contribution < 1.29 is 57.8 Å². The molecule has 792 valence electrons. The standard InChI is InChI=1S/2C14H18N2O.C12H23NO.2C12H17NO.2C9H20N4O.2C9H20N2O.C8H15NO3/c2*1-10(17)14(16(2)3)9-12-8-11-6-4-5-7-13(11)15-12;3*1-10(14)12(13(2)3)9-11-7-5-4-6-8-11;2*1-7(14)8(13(2)3)5-4-6-12-9(10)11;2*1-8(12)9(11(2)3)6-4-5-7-10;1-6(10)7(9(2)3)4-5-8(11)12/h2*4-8,14-15H,9H2,1-3H3;11-12H,4-9H2,1-3H3;2*4-8,12H,9H2,1-3H3;2*8H,4-6H2,1-3H3,(H4,10,11,12);2*9H,4-7,10H2,1-3H3;7H,4-5H2,1-3H3,(H,11,12)/t2*14-;3*12-;2*8-;2*9-;7-/m1001010101/s1. The quantitative estimate of drug-likeness (QED) is 0.00973. The van der Waals surface area contributed by atoms with Crippen LogP contribution in [0.25, 0.3) is 21.8 Å². The molecule has 32 nitrogen and oxygen atoms in total. The average molecular weight is 1960 g/mol. The summed E-state index contributed by atoms with van der Waals surface area (Å²) < 4.78 is 0. The van der Waals surface area contributed by atoms with Gasteiger partial charge in [-0.2, -0.15) is 0 Å². The number of aliphatic carboxylic acids is 1. The first-order chi connectivity index (χ1) is 65.5. The Kier molecular flexibility index (Phi) is 73.7. The molecule has 6 aromatic rings. The number of aromatic nitrogens is 2. The van der Waals surface area contributed by atoms with Crippen molar-refractivity contribution in [1.82, 2.24) is 59.0 Å². The van der Waals surface area contributed by atoms with E-state index in [0.29, 0.717) is 25.3 Å². The van der Waals surface area contributed by atoms with Crippen LogP contribution in [0.15, 0.2) is 131 Å². The van der Waals surface area contributed by atoms with E-state index in [2.05, 4.69) is 85.5 Å². The van der Waals surface area contributed by atoms with Crippen LogP contribution in [0.2, 0.25) is 0 Å². The summed E-state index contributed by atoms with van der Waals surface area (Å²) in [5.41, 5.74) is 38.4. The highest BCUT2D eigenvalue weighted by Gasteiger charge is 2.27. The Morgan fingerprint density at radius 3 is 0.793 bits per heavy atom. The molecule has 2 aromatic heterocycles. The smallest absolute Gasteiger partial charge is 0.303 e. The number of rotatable bonds is 49. The van der Waals surface area contributed by atoms with Crippen molar-refractivity contribution >= 4 is 97.5 Å². The zero-order chi connectivity index (χ0) is 108. The molecule has 0 radical (unpaired) electrons. The molecule has 1 fully saturated rings. The molecular weight excluding hydrogens is 1770 g/mol. The van der Waals surface area contributed by atoms with Gasteiger partial charge >= 0.3 is 5.97 Å². The summed E-state index contributed by atoms with van der Waals surface area (Å²) >= 11 is 0. The lowest BCUT2D eigenvalue weighted by Gasteiger charge is -2.28. The van der Waals surface area contributed by atoms with Crippen LogP contribution in [0.4, 0.5) is 0 Å². The van der Waals surface area contributed by atoms with E-state index in [0.717, 1.165) is 138 Å². The highest BCUT2D eigenvalue weighted by molar-refractivity contribution is 5.87. The summed E-state index contributed by atoms with van der Waals surface area (Å²) in [4.78, 5) is 157. The van der Waals surface area contributed by atoms with Gasteiger partial charge in [0.2, 0.25) is 0 Å². The van der Waals surface area contributed by atoms with Crippen molar-refractivity contribution in [1.29, 1.82) is 0 Å². The Morgan fingerprint density at radius 2 is 0.557 bits per heavy atom. The maximum atomic E-state index is 11.5. The van der Waals surface area contributed by atoms with E-state index in [1.165, 1.54) is 60.9 Å². The number of ketones is 10. The Hall–Kier alpha value is -9.81. The summed E-state index contributed by atoms with van der Waals surface area (Å²) in [7, 11) is 38.4. The molecule has 0 saturated heterocycles. The number of carboxylic acids is 1. The summed E-state index contributed by atoms with van der Waals surface area (Å²) in [5.74, 6) is 2.18. The van der Waals surface area contributed by atoms with Gasteiger partial charge in [0.25, 0.3) is 0 Å². The zero-order valence-corrected chi connectivity index (χ0v) is 91.6. The van der Waals surface area contributed by atoms with E-state index < -0.39 is 5.97 Å². The number of likely N-dealkylation sites (N-methyl/N-ethyl adjacent to an activating group) is 10. The Balaban J connectivity index is -0.00000149. The van der Waals surface area contributed by atoms with Crippen molar-refractivity contribution in [3.63, 3.8) is 0 Å². The number of fused-ring (bicyclic) bond motifs is 2. The van der Waals surface area contributed by atoms with Gasteiger partial charge in [-0.05, 0) is 352 Å². The fourth-order valence-corrected chi connectivity index (χ4v) is 16.2. The molecule has 10 atom stereocenters. The van der Waals surface area contributed by atoms with Crippen molar-refractivity contribution in [3.05, 3.63) is 144 Å². The SMILES string of the molecule is CC(=O)[C@@H](CCC(=O)O)N(C)C.CC(=O)[C@@H](CCCCN)N(C)C.CC(=O)[C@@H](CCCN=C(N)N)N(C)C.CC(=O)[C@@H](Cc1cc2ccccc2[nH]1)N(C)C.CC(=O)[C@@H](Cc1ccccc1)N(C)C.CC(=O)[C@H](CC1CCCCC1)N(C)C.CC(=O)[C@H](CCCCN)N(C)C.CC(=O)[C@H](CCCN=C(N)N)N(C)C.CC(=O)[C@H](Cc1cc2ccccc2[nH]1)N(C)C.CC(=O)[C@H](Cc1ccccc1)N(C)C. The molecule has 15 N–H and O–H groups in total. The number of unbranched alkanes of at least 4 members (excludes halogenated alkanes) is 2. The van der Waals surface area contributed by atoms with E-state index in [9.17, 15) is 52.7 Å². The molecule has 0 spiro atoms. The number of nitrogens with zero attached hydrogens (tertiary/aromatic N) is 12. The number of Topliss-reactive ketones (excluding diaryl/α,β-unsaturated/α-hetero) is 10. The van der Waals surface area contributed by atoms with Crippen LogP contribution in [-0.4, -0.2) is 367 Å². The highest BCUT2D eigenvalue weighted by Crippen LogP contribution is 2.29. The van der Waals surface area contributed by atoms with Crippen molar-refractivity contribution in [3.8, 4) is 0 Å². The van der Waals surface area contributed by atoms with E-state index in [-0.39, 0.29) is 131 Å². The van der Waals surface area contributed by atoms with E-state index >= 15 is 0 Å². The molecule has 0 amide bonds. The molecule has 140 heavy (non-hydrogen) atoms. The second-order valence-electron chi connectivity index (χ2n) is 38.6. The van der Waals surface area contributed by atoms with Crippen LogP contribution in [0.1, 0.15) is 207 Å². The first kappa shape index (κ1) is 134. The lowest BCUT2D eigenvalue weighted by atomic mass is 9.84. The maximum Gasteiger partial charge on any atom is 0.303 e. The van der Waals surface area contributed by atoms with Gasteiger partial charge in [-0.25, -0.2) is 0 Å². The minimum atomic E-state index is -0.858. The lowest BCUT2D eigenvalue weighted by Crippen LogP contribution is -2.36. The minimum absolute atomic E-state index is 0.00241. The minimum Gasteiger partial charge on any atom is -0.481 e. The van der Waals surface area contributed by atoms with Crippen molar-refractivity contribution in [2.45, 2.75) is 271 Å². The molecular formula is C108H188N20O12. The van der Waals surface area contributed by atoms with Gasteiger partial charge in [0.05, 0.1) is 60.4 Å². The second kappa shape index (κ2) is 76.9. The molecule has 2 heterocycles. The Bertz CT molecular complexity index is 4190. The third-order valence-corrected chi connectivity index (χ3v) is 24.1. The number of aromatic amines is 2. The summed E-state index contributed by atoms with van der Waals surface area (Å²) in [6.07, 6.45) is 20.5. The fourth-order valence-electron chi connectivity index (χ4n) is 16.2. The van der Waals surface area contributed by atoms with Crippen LogP contribution in [0, 0.1) is 5.92 Å². The number of guanidine groups is 2. The van der Waals surface area contributed by atoms with Crippen LogP contribution in [0.3, 0.4) is 0 Å². The monoisotopic (exact) mass is 1960 g/mol. The number of H-pyrrole nitrogens is 2. The average Bonchev–Trinajstić information content (AvgIpc) is 1.69. The van der Waals surface area contributed by atoms with Crippen molar-refractivity contribution in [2.75, 3.05) is 167 Å². The number of benzene rings is 4. The van der Waals surface area contributed by atoms with Crippen LogP contribution >= 0.6 is 0 Å². The van der Waals surface area contributed by atoms with Gasteiger partial charge in [-0.3, -0.25) is 112 Å². The Morgan fingerprint density at radius 1 is 0.314 bits per heavy atom. The maximum absolute atomic E-state index is 11.5. The molecule has 7 rings (SSSR count). The van der Waals surface area contributed by atoms with Gasteiger partial charge in [0.1, 0.15) is 57.8 Å². The van der Waals surface area contributed by atoms with Gasteiger partial charge < -0.3 is 49.5 Å². The van der Waals surface area contributed by atoms with E-state index in [1.54, 1.807) is 81.3 Å². The number of carbonyl (C=O) groups excluding carboxylic acids is 10. The largest absolute Gasteiger partial charge is 0.481 e. The molecule has 1 aliphatic rings. The summed E-state index contributed by atoms with van der Waals surface area (Å²) in [6.45, 7) is 18.9.